The molecule has 0 aromatic rings. The van der Waals surface area contributed by atoms with E-state index in [2.05, 4.69) is 31.3 Å². The number of allylic oxidation sites excluding steroid dienone is 5. The highest BCUT2D eigenvalue weighted by atomic mass is 32.2. The van der Waals surface area contributed by atoms with E-state index in [1.807, 2.05) is 12.2 Å². The van der Waals surface area contributed by atoms with Crippen molar-refractivity contribution in [3.8, 4) is 0 Å². The zero-order valence-electron chi connectivity index (χ0n) is 23.9. The minimum atomic E-state index is -4.44. The first-order chi connectivity index (χ1) is 18.2. The SMILES string of the molecule is CCCCCC/C=C\CCC(O)C(=O)NC(CS(=O)(=O)O)C(O)/C=C/CC/C=C/CCCCCCCCC. The molecule has 0 aliphatic rings. The lowest BCUT2D eigenvalue weighted by molar-refractivity contribution is -0.130. The Hall–Kier alpha value is -1.48. The van der Waals surface area contributed by atoms with Crippen molar-refractivity contribution in [3.05, 3.63) is 36.5 Å². The molecule has 3 unspecified atom stereocenters. The van der Waals surface area contributed by atoms with Gasteiger partial charge in [-0.05, 0) is 51.4 Å². The summed E-state index contributed by atoms with van der Waals surface area (Å²) in [5.74, 6) is -1.61. The number of hydrogen-bond donors (Lipinski definition) is 4. The summed E-state index contributed by atoms with van der Waals surface area (Å²) in [5, 5.41) is 23.0. The zero-order valence-corrected chi connectivity index (χ0v) is 24.7. The Morgan fingerprint density at radius 1 is 0.711 bits per heavy atom. The number of carbonyl (C=O) groups is 1. The predicted molar refractivity (Wildman–Crippen MR) is 158 cm³/mol. The summed E-state index contributed by atoms with van der Waals surface area (Å²) < 4.78 is 32.1. The molecule has 3 atom stereocenters. The number of aliphatic hydroxyl groups is 2. The molecule has 38 heavy (non-hydrogen) atoms. The van der Waals surface area contributed by atoms with Crippen LogP contribution in [0.3, 0.4) is 0 Å². The molecule has 7 nitrogen and oxygen atoms in total. The fourth-order valence-electron chi connectivity index (χ4n) is 4.06. The highest BCUT2D eigenvalue weighted by Gasteiger charge is 2.27. The van der Waals surface area contributed by atoms with Crippen LogP contribution < -0.4 is 5.32 Å². The number of unbranched alkanes of at least 4 members (excludes halogenated alkanes) is 12. The van der Waals surface area contributed by atoms with E-state index in [4.69, 9.17) is 0 Å². The van der Waals surface area contributed by atoms with Gasteiger partial charge in [-0.3, -0.25) is 9.35 Å². The molecular formula is C30H55NO6S. The van der Waals surface area contributed by atoms with Gasteiger partial charge < -0.3 is 15.5 Å². The molecule has 0 fully saturated rings. The second kappa shape index (κ2) is 24.6. The van der Waals surface area contributed by atoms with Crippen LogP contribution in [0.5, 0.6) is 0 Å². The van der Waals surface area contributed by atoms with E-state index in [0.717, 1.165) is 25.7 Å². The van der Waals surface area contributed by atoms with Gasteiger partial charge in [0.25, 0.3) is 10.1 Å². The molecule has 1 amide bonds. The molecule has 0 aliphatic heterocycles. The smallest absolute Gasteiger partial charge is 0.267 e. The topological polar surface area (TPSA) is 124 Å². The van der Waals surface area contributed by atoms with Gasteiger partial charge in [0, 0.05) is 0 Å². The van der Waals surface area contributed by atoms with Crippen LogP contribution in [0, 0.1) is 0 Å². The third-order valence-corrected chi connectivity index (χ3v) is 7.19. The normalized spacial score (nSPS) is 15.0. The molecule has 0 aliphatic carbocycles. The van der Waals surface area contributed by atoms with Gasteiger partial charge in [-0.25, -0.2) is 0 Å². The third kappa shape index (κ3) is 23.6. The van der Waals surface area contributed by atoms with Gasteiger partial charge in [0.05, 0.1) is 17.9 Å². The summed E-state index contributed by atoms with van der Waals surface area (Å²) in [4.78, 5) is 12.4. The van der Waals surface area contributed by atoms with Crippen LogP contribution in [-0.2, 0) is 14.9 Å². The first kappa shape index (κ1) is 36.5. The Labute approximate surface area is 232 Å². The molecule has 222 valence electrons. The number of hydrogen-bond acceptors (Lipinski definition) is 5. The standard InChI is InChI=1S/C30H55NO6S/c1-3-5-7-9-11-13-14-15-16-17-19-20-22-24-28(32)27(26-38(35,36)37)31-30(34)29(33)25-23-21-18-12-10-8-6-4-2/h16-18,21-22,24,27-29,32-33H,3-15,19-20,23,25-26H2,1-2H3,(H,31,34)(H,35,36,37)/b17-16+,21-18-,24-22+. The maximum atomic E-state index is 12.4. The van der Waals surface area contributed by atoms with Crippen molar-refractivity contribution < 1.29 is 28.0 Å². The summed E-state index contributed by atoms with van der Waals surface area (Å²) in [5.41, 5.74) is 0. The number of amides is 1. The molecule has 0 spiro atoms. The Morgan fingerprint density at radius 3 is 1.76 bits per heavy atom. The molecule has 0 rings (SSSR count). The zero-order chi connectivity index (χ0) is 28.5. The fourth-order valence-corrected chi connectivity index (χ4v) is 4.79. The molecular weight excluding hydrogens is 502 g/mol. The van der Waals surface area contributed by atoms with E-state index in [0.29, 0.717) is 12.8 Å². The second-order valence-electron chi connectivity index (χ2n) is 10.2. The Bertz CT molecular complexity index is 763. The lowest BCUT2D eigenvalue weighted by atomic mass is 10.1. The number of rotatable bonds is 25. The first-order valence-corrected chi connectivity index (χ1v) is 16.4. The maximum Gasteiger partial charge on any atom is 0.267 e. The summed E-state index contributed by atoms with van der Waals surface area (Å²) in [6.07, 6.45) is 26.6. The van der Waals surface area contributed by atoms with E-state index in [1.54, 1.807) is 6.08 Å². The van der Waals surface area contributed by atoms with Gasteiger partial charge in [-0.15, -0.1) is 0 Å². The van der Waals surface area contributed by atoms with E-state index < -0.39 is 40.0 Å². The van der Waals surface area contributed by atoms with Crippen LogP contribution in [0.15, 0.2) is 36.5 Å². The van der Waals surface area contributed by atoms with Gasteiger partial charge in [-0.1, -0.05) is 108 Å². The van der Waals surface area contributed by atoms with Crippen molar-refractivity contribution in [2.24, 2.45) is 0 Å². The lowest BCUT2D eigenvalue weighted by Crippen LogP contribution is -2.50. The molecule has 0 saturated heterocycles. The average Bonchev–Trinajstić information content (AvgIpc) is 2.86. The van der Waals surface area contributed by atoms with E-state index in [-0.39, 0.29) is 6.42 Å². The number of nitrogens with one attached hydrogen (secondary N) is 1. The molecule has 4 N–H and O–H groups in total. The molecule has 8 heteroatoms. The van der Waals surface area contributed by atoms with Crippen LogP contribution in [0.1, 0.15) is 123 Å². The lowest BCUT2D eigenvalue weighted by Gasteiger charge is -2.22. The van der Waals surface area contributed by atoms with Crippen molar-refractivity contribution in [2.45, 2.75) is 141 Å². The molecule has 0 saturated carbocycles. The summed E-state index contributed by atoms with van der Waals surface area (Å²) in [6.45, 7) is 4.38. The highest BCUT2D eigenvalue weighted by Crippen LogP contribution is 2.10. The van der Waals surface area contributed by atoms with Crippen molar-refractivity contribution >= 4 is 16.0 Å². The van der Waals surface area contributed by atoms with E-state index in [9.17, 15) is 28.0 Å². The molecule has 0 heterocycles. The Balaban J connectivity index is 4.40. The summed E-state index contributed by atoms with van der Waals surface area (Å²) >= 11 is 0. The Kier molecular flexibility index (Phi) is 23.6. The maximum absolute atomic E-state index is 12.4. The molecule has 0 bridgehead atoms. The molecule has 0 aromatic heterocycles. The highest BCUT2D eigenvalue weighted by molar-refractivity contribution is 7.85. The quantitative estimate of drug-likeness (QED) is 0.0583. The van der Waals surface area contributed by atoms with Gasteiger partial charge >= 0.3 is 0 Å². The summed E-state index contributed by atoms with van der Waals surface area (Å²) in [6, 6.07) is -1.26. The van der Waals surface area contributed by atoms with Gasteiger partial charge in [0.15, 0.2) is 0 Å². The first-order valence-electron chi connectivity index (χ1n) is 14.8. The minimum absolute atomic E-state index is 0.188. The molecule has 0 radical (unpaired) electrons. The van der Waals surface area contributed by atoms with Crippen LogP contribution in [-0.4, -0.2) is 53.1 Å². The predicted octanol–water partition coefficient (Wildman–Crippen LogP) is 6.42. The number of carbonyl (C=O) groups excluding carboxylic acids is 1. The number of aliphatic hydroxyl groups excluding tert-OH is 2. The van der Waals surface area contributed by atoms with Crippen molar-refractivity contribution in [3.63, 3.8) is 0 Å². The van der Waals surface area contributed by atoms with Crippen LogP contribution in [0.2, 0.25) is 0 Å². The van der Waals surface area contributed by atoms with E-state index in [1.165, 1.54) is 70.3 Å². The van der Waals surface area contributed by atoms with Crippen LogP contribution in [0.25, 0.3) is 0 Å². The monoisotopic (exact) mass is 557 g/mol. The Morgan fingerprint density at radius 2 is 1.18 bits per heavy atom. The third-order valence-electron chi connectivity index (χ3n) is 6.40. The van der Waals surface area contributed by atoms with Crippen LogP contribution in [0.4, 0.5) is 0 Å². The second-order valence-corrected chi connectivity index (χ2v) is 11.7. The van der Waals surface area contributed by atoms with E-state index >= 15 is 0 Å². The summed E-state index contributed by atoms with van der Waals surface area (Å²) in [7, 11) is -4.44. The van der Waals surface area contributed by atoms with Crippen molar-refractivity contribution in [1.82, 2.24) is 5.32 Å². The van der Waals surface area contributed by atoms with Gasteiger partial charge in [0.1, 0.15) is 6.10 Å². The van der Waals surface area contributed by atoms with Crippen molar-refractivity contribution in [1.29, 1.82) is 0 Å². The van der Waals surface area contributed by atoms with Gasteiger partial charge in [-0.2, -0.15) is 8.42 Å². The minimum Gasteiger partial charge on any atom is -0.387 e. The largest absolute Gasteiger partial charge is 0.387 e. The van der Waals surface area contributed by atoms with Crippen molar-refractivity contribution in [2.75, 3.05) is 5.75 Å². The van der Waals surface area contributed by atoms with Gasteiger partial charge in [0.2, 0.25) is 5.91 Å². The fraction of sp³-hybridized carbons (Fsp3) is 0.767. The average molecular weight is 558 g/mol. The molecule has 0 aromatic carbocycles. The van der Waals surface area contributed by atoms with Crippen LogP contribution >= 0.6 is 0 Å².